The lowest BCUT2D eigenvalue weighted by Gasteiger charge is -2.16. The van der Waals surface area contributed by atoms with Gasteiger partial charge in [0.25, 0.3) is 0 Å². The molecule has 2 aromatic carbocycles. The van der Waals surface area contributed by atoms with Crippen LogP contribution < -0.4 is 0 Å². The number of halogens is 7. The van der Waals surface area contributed by atoms with Crippen LogP contribution >= 0.6 is 22.6 Å². The van der Waals surface area contributed by atoms with Gasteiger partial charge in [-0.25, -0.2) is 0 Å². The van der Waals surface area contributed by atoms with Crippen LogP contribution in [0.4, 0.5) is 26.3 Å². The lowest BCUT2D eigenvalue weighted by Crippen LogP contribution is -2.16. The Kier molecular flexibility index (Phi) is 6.41. The Balaban J connectivity index is 2.56. The summed E-state index contributed by atoms with van der Waals surface area (Å²) >= 11 is 1.71. The number of rotatable bonds is 4. The molecular formula is C18H10F6INO. The Labute approximate surface area is 164 Å². The van der Waals surface area contributed by atoms with Crippen molar-refractivity contribution in [3.8, 4) is 6.07 Å². The molecule has 0 unspecified atom stereocenters. The Morgan fingerprint density at radius 3 is 2.07 bits per heavy atom. The molecule has 0 saturated carbocycles. The molecule has 0 aliphatic carbocycles. The highest BCUT2D eigenvalue weighted by atomic mass is 127. The molecule has 0 aliphatic rings. The van der Waals surface area contributed by atoms with Gasteiger partial charge in [0.2, 0.25) is 0 Å². The van der Waals surface area contributed by atoms with Crippen LogP contribution in [0.5, 0.6) is 0 Å². The van der Waals surface area contributed by atoms with Crippen LogP contribution in [0.3, 0.4) is 0 Å². The first kappa shape index (κ1) is 21.1. The standard InChI is InChI=1S/C18H10F6INO/c19-17(20,21)10-27-16(11-5-7-13(8-6-11)18(22,23)24)15(25)14-4-2-1-3-12(14)9-26/h1-8H,10H2/b16-15+. The third-order valence-electron chi connectivity index (χ3n) is 3.34. The van der Waals surface area contributed by atoms with Gasteiger partial charge in [-0.3, -0.25) is 0 Å². The minimum Gasteiger partial charge on any atom is -0.482 e. The molecule has 0 atom stereocenters. The highest BCUT2D eigenvalue weighted by molar-refractivity contribution is 14.1. The zero-order valence-corrected chi connectivity index (χ0v) is 15.5. The molecule has 9 heteroatoms. The summed E-state index contributed by atoms with van der Waals surface area (Å²) in [4.78, 5) is 0. The zero-order valence-electron chi connectivity index (χ0n) is 13.3. The number of benzene rings is 2. The molecule has 0 fully saturated rings. The molecule has 0 radical (unpaired) electrons. The topological polar surface area (TPSA) is 33.0 Å². The van der Waals surface area contributed by atoms with Crippen LogP contribution in [-0.4, -0.2) is 12.8 Å². The lowest BCUT2D eigenvalue weighted by molar-refractivity contribution is -0.158. The van der Waals surface area contributed by atoms with Gasteiger partial charge in [-0.05, 0) is 40.8 Å². The van der Waals surface area contributed by atoms with Crippen molar-refractivity contribution in [2.24, 2.45) is 0 Å². The van der Waals surface area contributed by atoms with E-state index in [1.165, 1.54) is 12.1 Å². The number of hydrogen-bond acceptors (Lipinski definition) is 2. The fourth-order valence-electron chi connectivity index (χ4n) is 2.13. The number of nitriles is 1. The maximum atomic E-state index is 12.7. The minimum absolute atomic E-state index is 0.0318. The molecule has 0 spiro atoms. The number of alkyl halides is 6. The summed E-state index contributed by atoms with van der Waals surface area (Å²) in [5.41, 5.74) is -0.391. The molecule has 0 aliphatic heterocycles. The van der Waals surface area contributed by atoms with E-state index in [-0.39, 0.29) is 20.5 Å². The van der Waals surface area contributed by atoms with E-state index in [9.17, 15) is 31.6 Å². The second-order valence-corrected chi connectivity index (χ2v) is 6.36. The maximum Gasteiger partial charge on any atom is 0.422 e. The van der Waals surface area contributed by atoms with Crippen molar-refractivity contribution >= 4 is 31.9 Å². The molecular weight excluding hydrogens is 487 g/mol. The van der Waals surface area contributed by atoms with Crippen LogP contribution in [0.15, 0.2) is 48.5 Å². The molecule has 142 valence electrons. The van der Waals surface area contributed by atoms with Crippen LogP contribution in [0.1, 0.15) is 22.3 Å². The summed E-state index contributed by atoms with van der Waals surface area (Å²) in [5.74, 6) is -0.260. The summed E-state index contributed by atoms with van der Waals surface area (Å²) in [7, 11) is 0. The van der Waals surface area contributed by atoms with Crippen LogP contribution in [-0.2, 0) is 10.9 Å². The van der Waals surface area contributed by atoms with E-state index in [4.69, 9.17) is 4.74 Å². The number of hydrogen-bond donors (Lipinski definition) is 0. The molecule has 0 heterocycles. The molecule has 27 heavy (non-hydrogen) atoms. The van der Waals surface area contributed by atoms with Crippen LogP contribution in [0.2, 0.25) is 0 Å². The third kappa shape index (κ3) is 5.63. The molecule has 2 nitrogen and oxygen atoms in total. The predicted molar refractivity (Wildman–Crippen MR) is 95.4 cm³/mol. The fraction of sp³-hybridized carbons (Fsp3) is 0.167. The quantitative estimate of drug-likeness (QED) is 0.212. The van der Waals surface area contributed by atoms with Gasteiger partial charge in [-0.15, -0.1) is 0 Å². The van der Waals surface area contributed by atoms with Crippen molar-refractivity contribution in [2.75, 3.05) is 6.61 Å². The van der Waals surface area contributed by atoms with E-state index in [1.807, 2.05) is 6.07 Å². The van der Waals surface area contributed by atoms with Gasteiger partial charge >= 0.3 is 12.4 Å². The molecule has 0 aromatic heterocycles. The average molecular weight is 497 g/mol. The largest absolute Gasteiger partial charge is 0.482 e. The molecule has 0 N–H and O–H groups in total. The van der Waals surface area contributed by atoms with Gasteiger partial charge in [-0.1, -0.05) is 30.3 Å². The van der Waals surface area contributed by atoms with Gasteiger partial charge < -0.3 is 4.74 Å². The second kappa shape index (κ2) is 8.21. The SMILES string of the molecule is N#Cc1ccccc1/C(I)=C(\OCC(F)(F)F)c1ccc(C(F)(F)F)cc1. The van der Waals surface area contributed by atoms with Crippen molar-refractivity contribution in [1.82, 2.24) is 0 Å². The van der Waals surface area contributed by atoms with Crippen molar-refractivity contribution in [2.45, 2.75) is 12.4 Å². The van der Waals surface area contributed by atoms with Gasteiger partial charge in [0.1, 0.15) is 5.76 Å². The Hall–Kier alpha value is -2.22. The Bertz CT molecular complexity index is 878. The molecule has 2 rings (SSSR count). The maximum absolute atomic E-state index is 12.7. The lowest BCUT2D eigenvalue weighted by atomic mass is 10.0. The van der Waals surface area contributed by atoms with E-state index >= 15 is 0 Å². The number of ether oxygens (including phenoxy) is 1. The molecule has 2 aromatic rings. The summed E-state index contributed by atoms with van der Waals surface area (Å²) in [5, 5.41) is 9.18. The normalized spacial score (nSPS) is 13.0. The van der Waals surface area contributed by atoms with E-state index in [0.29, 0.717) is 5.56 Å². The highest BCUT2D eigenvalue weighted by Gasteiger charge is 2.32. The van der Waals surface area contributed by atoms with Crippen LogP contribution in [0.25, 0.3) is 9.34 Å². The second-order valence-electron chi connectivity index (χ2n) is 5.28. The van der Waals surface area contributed by atoms with Gasteiger partial charge in [0, 0.05) is 11.1 Å². The van der Waals surface area contributed by atoms with E-state index in [1.54, 1.807) is 34.7 Å². The van der Waals surface area contributed by atoms with E-state index in [0.717, 1.165) is 24.3 Å². The number of nitrogens with zero attached hydrogens (tertiary/aromatic N) is 1. The predicted octanol–water partition coefficient (Wildman–Crippen LogP) is 6.42. The third-order valence-corrected chi connectivity index (χ3v) is 4.41. The first-order chi connectivity index (χ1) is 12.5. The van der Waals surface area contributed by atoms with Gasteiger partial charge in [0.05, 0.1) is 20.8 Å². The van der Waals surface area contributed by atoms with Gasteiger partial charge in [-0.2, -0.15) is 31.6 Å². The summed E-state index contributed by atoms with van der Waals surface area (Å²) in [6, 6.07) is 11.7. The molecule has 0 saturated heterocycles. The summed E-state index contributed by atoms with van der Waals surface area (Å²) in [6.07, 6.45) is -9.21. The van der Waals surface area contributed by atoms with Crippen LogP contribution in [0, 0.1) is 11.3 Å². The smallest absolute Gasteiger partial charge is 0.422 e. The molecule has 0 amide bonds. The Morgan fingerprint density at radius 2 is 1.56 bits per heavy atom. The fourth-order valence-corrected chi connectivity index (χ4v) is 3.07. The summed E-state index contributed by atoms with van der Waals surface area (Å²) < 4.78 is 81.1. The first-order valence-corrected chi connectivity index (χ1v) is 8.37. The monoisotopic (exact) mass is 497 g/mol. The van der Waals surface area contributed by atoms with Crippen molar-refractivity contribution in [3.63, 3.8) is 0 Å². The van der Waals surface area contributed by atoms with Crippen molar-refractivity contribution < 1.29 is 31.1 Å². The average Bonchev–Trinajstić information content (AvgIpc) is 2.60. The summed E-state index contributed by atoms with van der Waals surface area (Å²) in [6.45, 7) is -1.62. The van der Waals surface area contributed by atoms with E-state index < -0.39 is 24.5 Å². The van der Waals surface area contributed by atoms with E-state index in [2.05, 4.69) is 0 Å². The highest BCUT2D eigenvalue weighted by Crippen LogP contribution is 2.37. The zero-order chi connectivity index (χ0) is 20.2. The molecule has 0 bridgehead atoms. The van der Waals surface area contributed by atoms with Gasteiger partial charge in [0.15, 0.2) is 6.61 Å². The van der Waals surface area contributed by atoms with Crippen molar-refractivity contribution in [3.05, 3.63) is 70.8 Å². The first-order valence-electron chi connectivity index (χ1n) is 7.29. The minimum atomic E-state index is -4.64. The Morgan fingerprint density at radius 1 is 0.963 bits per heavy atom. The van der Waals surface area contributed by atoms with Crippen molar-refractivity contribution in [1.29, 1.82) is 5.26 Å².